The van der Waals surface area contributed by atoms with Gasteiger partial charge in [-0.25, -0.2) is 0 Å². The Morgan fingerprint density at radius 1 is 1.44 bits per heavy atom. The zero-order valence-corrected chi connectivity index (χ0v) is 12.3. The third-order valence-electron chi connectivity index (χ3n) is 2.58. The zero-order chi connectivity index (χ0) is 13.3. The summed E-state index contributed by atoms with van der Waals surface area (Å²) in [6, 6.07) is 7.31. The van der Waals surface area contributed by atoms with Gasteiger partial charge < -0.3 is 9.88 Å². The van der Waals surface area contributed by atoms with Gasteiger partial charge in [-0.1, -0.05) is 33.3 Å². The lowest BCUT2D eigenvalue weighted by molar-refractivity contribution is 0.102. The Hall–Kier alpha value is -1.40. The van der Waals surface area contributed by atoms with Crippen LogP contribution in [0.3, 0.4) is 0 Å². The number of amides is 1. The number of nitrogens with one attached hydrogen (secondary N) is 1. The van der Waals surface area contributed by atoms with Gasteiger partial charge in [0.2, 0.25) is 0 Å². The van der Waals surface area contributed by atoms with Crippen molar-refractivity contribution in [2.75, 3.05) is 5.32 Å². The van der Waals surface area contributed by atoms with Crippen molar-refractivity contribution in [2.24, 2.45) is 7.05 Å². The van der Waals surface area contributed by atoms with Crippen LogP contribution in [0, 0.1) is 6.92 Å². The molecule has 4 nitrogen and oxygen atoms in total. The van der Waals surface area contributed by atoms with Gasteiger partial charge in [-0.3, -0.25) is 9.59 Å². The van der Waals surface area contributed by atoms with Crippen molar-refractivity contribution < 1.29 is 4.79 Å². The molecular weight excluding hydrogens is 316 g/mol. The molecule has 0 spiro atoms. The zero-order valence-electron chi connectivity index (χ0n) is 9.86. The highest BCUT2D eigenvalue weighted by Crippen LogP contribution is 2.18. The van der Waals surface area contributed by atoms with E-state index >= 15 is 0 Å². The van der Waals surface area contributed by atoms with Crippen LogP contribution in [0.15, 0.2) is 33.5 Å². The van der Waals surface area contributed by atoms with E-state index in [-0.39, 0.29) is 10.8 Å². The number of hydrogen-bond donors (Lipinski definition) is 1. The Kier molecular flexibility index (Phi) is 3.68. The van der Waals surface area contributed by atoms with Crippen molar-refractivity contribution in [1.29, 1.82) is 0 Å². The van der Waals surface area contributed by atoms with Crippen molar-refractivity contribution in [3.05, 3.63) is 49.0 Å². The van der Waals surface area contributed by atoms with Gasteiger partial charge in [0.25, 0.3) is 5.91 Å². The first-order chi connectivity index (χ1) is 8.49. The summed E-state index contributed by atoms with van der Waals surface area (Å²) in [5.74, 6) is -0.256. The maximum Gasteiger partial charge on any atom is 0.307 e. The third-order valence-corrected chi connectivity index (χ3v) is 4.21. The lowest BCUT2D eigenvalue weighted by atomic mass is 10.3. The quantitative estimate of drug-likeness (QED) is 0.922. The second-order valence-corrected chi connectivity index (χ2v) is 5.68. The van der Waals surface area contributed by atoms with E-state index in [1.165, 1.54) is 4.57 Å². The number of aromatic nitrogens is 1. The molecule has 1 N–H and O–H groups in total. The van der Waals surface area contributed by atoms with Gasteiger partial charge in [0.1, 0.15) is 4.88 Å². The normalized spacial score (nSPS) is 10.4. The standard InChI is InChI=1S/C12H11BrN2O2S/c1-7-10(18-12(17)15(7)2)11(16)14-9-5-3-4-8(13)6-9/h3-6H,1-2H3,(H,14,16). The Labute approximate surface area is 116 Å². The molecule has 0 aliphatic carbocycles. The second kappa shape index (κ2) is 5.07. The smallest absolute Gasteiger partial charge is 0.307 e. The Bertz CT molecular complexity index is 660. The van der Waals surface area contributed by atoms with Gasteiger partial charge in [0, 0.05) is 22.9 Å². The number of thiazole rings is 1. The van der Waals surface area contributed by atoms with Crippen LogP contribution in [-0.2, 0) is 7.05 Å². The molecule has 2 rings (SSSR count). The molecule has 94 valence electrons. The summed E-state index contributed by atoms with van der Waals surface area (Å²) < 4.78 is 2.36. The fourth-order valence-corrected chi connectivity index (χ4v) is 2.76. The number of carbonyl (C=O) groups excluding carboxylic acids is 1. The molecule has 18 heavy (non-hydrogen) atoms. The first-order valence-corrected chi connectivity index (χ1v) is 6.83. The second-order valence-electron chi connectivity index (χ2n) is 3.81. The van der Waals surface area contributed by atoms with Crippen molar-refractivity contribution in [3.63, 3.8) is 0 Å². The maximum atomic E-state index is 12.0. The van der Waals surface area contributed by atoms with Crippen LogP contribution < -0.4 is 10.2 Å². The predicted molar refractivity (Wildman–Crippen MR) is 76.4 cm³/mol. The highest BCUT2D eigenvalue weighted by molar-refractivity contribution is 9.10. The van der Waals surface area contributed by atoms with Gasteiger partial charge in [-0.15, -0.1) is 0 Å². The average Bonchev–Trinajstić information content (AvgIpc) is 2.57. The minimum atomic E-state index is -0.256. The third kappa shape index (κ3) is 2.54. The first-order valence-electron chi connectivity index (χ1n) is 5.22. The molecule has 0 radical (unpaired) electrons. The van der Waals surface area contributed by atoms with E-state index in [1.54, 1.807) is 26.1 Å². The van der Waals surface area contributed by atoms with E-state index in [2.05, 4.69) is 21.2 Å². The molecule has 1 amide bonds. The summed E-state index contributed by atoms with van der Waals surface area (Å²) in [5.41, 5.74) is 1.37. The molecule has 0 atom stereocenters. The average molecular weight is 327 g/mol. The van der Waals surface area contributed by atoms with Crippen molar-refractivity contribution in [1.82, 2.24) is 4.57 Å². The van der Waals surface area contributed by atoms with Gasteiger partial charge >= 0.3 is 4.87 Å². The van der Waals surface area contributed by atoms with Crippen LogP contribution >= 0.6 is 27.3 Å². The highest BCUT2D eigenvalue weighted by atomic mass is 79.9. The van der Waals surface area contributed by atoms with E-state index in [0.29, 0.717) is 16.3 Å². The molecule has 0 bridgehead atoms. The number of carbonyl (C=O) groups is 1. The number of halogens is 1. The SMILES string of the molecule is Cc1c(C(=O)Nc2cccc(Br)c2)sc(=O)n1C. The van der Waals surface area contributed by atoms with E-state index < -0.39 is 0 Å². The van der Waals surface area contributed by atoms with Crippen LogP contribution in [0.4, 0.5) is 5.69 Å². The topological polar surface area (TPSA) is 51.1 Å². The van der Waals surface area contributed by atoms with Gasteiger partial charge in [-0.05, 0) is 25.1 Å². The van der Waals surface area contributed by atoms with E-state index in [9.17, 15) is 9.59 Å². The molecule has 6 heteroatoms. The Morgan fingerprint density at radius 2 is 2.17 bits per heavy atom. The van der Waals surface area contributed by atoms with Crippen LogP contribution in [0.25, 0.3) is 0 Å². The van der Waals surface area contributed by atoms with Gasteiger partial charge in [0.05, 0.1) is 0 Å². The molecule has 0 saturated carbocycles. The summed E-state index contributed by atoms with van der Waals surface area (Å²) in [6.45, 7) is 1.76. The Morgan fingerprint density at radius 3 is 2.72 bits per heavy atom. The molecule has 0 aliphatic rings. The fourth-order valence-electron chi connectivity index (χ4n) is 1.48. The molecule has 0 saturated heterocycles. The number of anilines is 1. The summed E-state index contributed by atoms with van der Waals surface area (Å²) in [5, 5.41) is 2.77. The van der Waals surface area contributed by atoms with E-state index in [4.69, 9.17) is 0 Å². The minimum absolute atomic E-state index is 0.133. The number of nitrogens with zero attached hydrogens (tertiary/aromatic N) is 1. The maximum absolute atomic E-state index is 12.0. The van der Waals surface area contributed by atoms with E-state index in [1.807, 2.05) is 12.1 Å². The number of benzene rings is 1. The van der Waals surface area contributed by atoms with Crippen LogP contribution in [-0.4, -0.2) is 10.5 Å². The first kappa shape index (κ1) is 13.0. The fraction of sp³-hybridized carbons (Fsp3) is 0.167. The van der Waals surface area contributed by atoms with Crippen LogP contribution in [0.2, 0.25) is 0 Å². The Balaban J connectivity index is 2.27. The molecule has 1 aromatic heterocycles. The molecule has 0 unspecified atom stereocenters. The molecule has 2 aromatic rings. The van der Waals surface area contributed by atoms with Crippen molar-refractivity contribution in [2.45, 2.75) is 6.92 Å². The molecule has 1 heterocycles. The monoisotopic (exact) mass is 326 g/mol. The summed E-state index contributed by atoms with van der Waals surface area (Å²) >= 11 is 4.29. The summed E-state index contributed by atoms with van der Waals surface area (Å²) in [4.78, 5) is 23.8. The summed E-state index contributed by atoms with van der Waals surface area (Å²) in [7, 11) is 1.66. The van der Waals surface area contributed by atoms with E-state index in [0.717, 1.165) is 15.8 Å². The van der Waals surface area contributed by atoms with Crippen LogP contribution in [0.1, 0.15) is 15.4 Å². The molecule has 0 aliphatic heterocycles. The highest BCUT2D eigenvalue weighted by Gasteiger charge is 2.15. The van der Waals surface area contributed by atoms with Gasteiger partial charge in [0.15, 0.2) is 0 Å². The van der Waals surface area contributed by atoms with Crippen molar-refractivity contribution in [3.8, 4) is 0 Å². The number of hydrogen-bond acceptors (Lipinski definition) is 3. The van der Waals surface area contributed by atoms with Gasteiger partial charge in [-0.2, -0.15) is 0 Å². The van der Waals surface area contributed by atoms with Crippen molar-refractivity contribution >= 4 is 38.9 Å². The predicted octanol–water partition coefficient (Wildman–Crippen LogP) is 2.77. The largest absolute Gasteiger partial charge is 0.321 e. The van der Waals surface area contributed by atoms with Crippen LogP contribution in [0.5, 0.6) is 0 Å². The molecule has 0 fully saturated rings. The summed E-state index contributed by atoms with van der Waals surface area (Å²) in [6.07, 6.45) is 0. The number of rotatable bonds is 2. The molecule has 1 aromatic carbocycles. The minimum Gasteiger partial charge on any atom is -0.321 e. The molecular formula is C12H11BrN2O2S. The lowest BCUT2D eigenvalue weighted by Gasteiger charge is -2.04. The lowest BCUT2D eigenvalue weighted by Crippen LogP contribution is -2.12.